The molecule has 1 heterocycles. The Balaban J connectivity index is 3.41. The summed E-state index contributed by atoms with van der Waals surface area (Å²) in [6.45, 7) is 9.78. The van der Waals surface area contributed by atoms with Crippen molar-refractivity contribution in [2.75, 3.05) is 19.8 Å². The number of ether oxygens (including phenoxy) is 3. The fourth-order valence-corrected chi connectivity index (χ4v) is 2.57. The SMILES string of the molecule is C=C(C)C(=O)OCCC(CCOC(=O)C(=C)C)(COC(C)=O)n1c(=O)[nH]c(=O)[nH]c1=O. The molecule has 170 valence electrons. The van der Waals surface area contributed by atoms with E-state index in [-0.39, 0.29) is 37.2 Å². The molecule has 0 amide bonds. The molecular formula is C19H25N3O9. The Morgan fingerprint density at radius 1 is 0.839 bits per heavy atom. The number of nitrogens with zero attached hydrogens (tertiary/aromatic N) is 1. The number of nitrogens with one attached hydrogen (secondary N) is 2. The summed E-state index contributed by atoms with van der Waals surface area (Å²) in [7, 11) is 0. The maximum Gasteiger partial charge on any atom is 0.334 e. The molecule has 12 heteroatoms. The zero-order chi connectivity index (χ0) is 23.8. The van der Waals surface area contributed by atoms with Gasteiger partial charge in [-0.25, -0.2) is 28.5 Å². The van der Waals surface area contributed by atoms with E-state index in [0.717, 1.165) is 6.92 Å². The van der Waals surface area contributed by atoms with Crippen LogP contribution in [-0.2, 0) is 34.1 Å². The topological polar surface area (TPSA) is 167 Å². The normalized spacial score (nSPS) is 10.8. The van der Waals surface area contributed by atoms with Crippen LogP contribution in [0, 0.1) is 0 Å². The Hall–Kier alpha value is -3.70. The van der Waals surface area contributed by atoms with Gasteiger partial charge in [-0.2, -0.15) is 0 Å². The molecular weight excluding hydrogens is 414 g/mol. The van der Waals surface area contributed by atoms with E-state index in [0.29, 0.717) is 4.57 Å². The van der Waals surface area contributed by atoms with Crippen LogP contribution in [0.3, 0.4) is 0 Å². The minimum atomic E-state index is -1.62. The Morgan fingerprint density at radius 3 is 1.61 bits per heavy atom. The van der Waals surface area contributed by atoms with Crippen molar-refractivity contribution in [3.63, 3.8) is 0 Å². The molecule has 0 spiro atoms. The minimum absolute atomic E-state index is 0.125. The van der Waals surface area contributed by atoms with Crippen LogP contribution < -0.4 is 17.1 Å². The van der Waals surface area contributed by atoms with Gasteiger partial charge in [0.15, 0.2) is 0 Å². The molecule has 0 bridgehead atoms. The highest BCUT2D eigenvalue weighted by Gasteiger charge is 2.37. The van der Waals surface area contributed by atoms with Gasteiger partial charge in [0.05, 0.1) is 18.8 Å². The standard InChI is InChI=1S/C19H25N3O9/c1-11(2)14(24)29-8-6-19(10-31-13(5)23,7-9-30-15(25)12(3)4)22-17(27)20-16(26)21-18(22)28/h1,3,6-10H2,2,4-5H3,(H2,20,21,26,27,28). The van der Waals surface area contributed by atoms with Crippen molar-refractivity contribution in [2.45, 2.75) is 39.2 Å². The quantitative estimate of drug-likeness (QED) is 0.262. The van der Waals surface area contributed by atoms with Crippen molar-refractivity contribution in [1.82, 2.24) is 14.5 Å². The number of aromatic amines is 2. The predicted octanol–water partition coefficient (Wildman–Crippen LogP) is -0.498. The molecule has 1 aromatic rings. The van der Waals surface area contributed by atoms with Crippen LogP contribution in [0.1, 0.15) is 33.6 Å². The Bertz CT molecular complexity index is 978. The lowest BCUT2D eigenvalue weighted by Gasteiger charge is -2.33. The summed E-state index contributed by atoms with van der Waals surface area (Å²) >= 11 is 0. The Morgan fingerprint density at radius 2 is 1.26 bits per heavy atom. The molecule has 0 fully saturated rings. The monoisotopic (exact) mass is 439 g/mol. The number of carbonyl (C=O) groups excluding carboxylic acids is 3. The van der Waals surface area contributed by atoms with E-state index in [9.17, 15) is 28.8 Å². The average molecular weight is 439 g/mol. The number of esters is 3. The predicted molar refractivity (Wildman–Crippen MR) is 107 cm³/mol. The van der Waals surface area contributed by atoms with E-state index in [2.05, 4.69) is 13.2 Å². The summed E-state index contributed by atoms with van der Waals surface area (Å²) in [5.41, 5.74) is -4.57. The van der Waals surface area contributed by atoms with E-state index in [1.165, 1.54) is 13.8 Å². The van der Waals surface area contributed by atoms with Crippen molar-refractivity contribution in [2.24, 2.45) is 0 Å². The first kappa shape index (κ1) is 25.3. The van der Waals surface area contributed by atoms with Crippen LogP contribution in [-0.4, -0.2) is 52.3 Å². The summed E-state index contributed by atoms with van der Waals surface area (Å²) < 4.78 is 15.8. The van der Waals surface area contributed by atoms with Gasteiger partial charge in [0, 0.05) is 30.9 Å². The van der Waals surface area contributed by atoms with Crippen LogP contribution in [0.5, 0.6) is 0 Å². The van der Waals surface area contributed by atoms with E-state index >= 15 is 0 Å². The summed E-state index contributed by atoms with van der Waals surface area (Å²) in [5.74, 6) is -2.13. The van der Waals surface area contributed by atoms with Gasteiger partial charge >= 0.3 is 35.0 Å². The first-order valence-corrected chi connectivity index (χ1v) is 9.14. The third-order valence-corrected chi connectivity index (χ3v) is 4.16. The van der Waals surface area contributed by atoms with Crippen molar-refractivity contribution in [3.8, 4) is 0 Å². The van der Waals surface area contributed by atoms with Gasteiger partial charge in [0.1, 0.15) is 6.61 Å². The van der Waals surface area contributed by atoms with Gasteiger partial charge in [-0.1, -0.05) is 13.2 Å². The van der Waals surface area contributed by atoms with Crippen LogP contribution in [0.25, 0.3) is 0 Å². The molecule has 2 N–H and O–H groups in total. The van der Waals surface area contributed by atoms with Gasteiger partial charge in [-0.05, 0) is 13.8 Å². The first-order chi connectivity index (χ1) is 14.4. The average Bonchev–Trinajstić information content (AvgIpc) is 2.64. The molecule has 0 aliphatic carbocycles. The minimum Gasteiger partial charge on any atom is -0.463 e. The smallest absolute Gasteiger partial charge is 0.334 e. The number of aromatic nitrogens is 3. The zero-order valence-electron chi connectivity index (χ0n) is 17.6. The second-order valence-electron chi connectivity index (χ2n) is 6.86. The van der Waals surface area contributed by atoms with Crippen LogP contribution in [0.2, 0.25) is 0 Å². The van der Waals surface area contributed by atoms with Gasteiger partial charge in [-0.3, -0.25) is 14.8 Å². The molecule has 0 saturated heterocycles. The summed E-state index contributed by atoms with van der Waals surface area (Å²) in [4.78, 5) is 75.1. The fraction of sp³-hybridized carbons (Fsp3) is 0.474. The molecule has 1 aromatic heterocycles. The van der Waals surface area contributed by atoms with Crippen molar-refractivity contribution in [1.29, 1.82) is 0 Å². The van der Waals surface area contributed by atoms with Gasteiger partial charge < -0.3 is 14.2 Å². The van der Waals surface area contributed by atoms with Crippen LogP contribution in [0.4, 0.5) is 0 Å². The molecule has 0 radical (unpaired) electrons. The lowest BCUT2D eigenvalue weighted by atomic mass is 9.92. The molecule has 1 rings (SSSR count). The lowest BCUT2D eigenvalue weighted by Crippen LogP contribution is -2.56. The molecule has 0 aliphatic rings. The third-order valence-electron chi connectivity index (χ3n) is 4.16. The Kier molecular flexibility index (Phi) is 8.91. The van der Waals surface area contributed by atoms with Crippen molar-refractivity contribution < 1.29 is 28.6 Å². The van der Waals surface area contributed by atoms with Crippen LogP contribution in [0.15, 0.2) is 38.7 Å². The number of rotatable bonds is 11. The van der Waals surface area contributed by atoms with Gasteiger partial charge in [0.2, 0.25) is 0 Å². The first-order valence-electron chi connectivity index (χ1n) is 9.14. The highest BCUT2D eigenvalue weighted by atomic mass is 16.5. The summed E-state index contributed by atoms with van der Waals surface area (Å²) in [5, 5.41) is 0. The van der Waals surface area contributed by atoms with E-state index < -0.39 is 47.1 Å². The van der Waals surface area contributed by atoms with E-state index in [1.807, 2.05) is 9.97 Å². The molecule has 0 aromatic carbocycles. The van der Waals surface area contributed by atoms with Gasteiger partial charge in [0.25, 0.3) is 0 Å². The third kappa shape index (κ3) is 7.24. The number of H-pyrrole nitrogens is 2. The number of hydrogen-bond donors (Lipinski definition) is 2. The summed E-state index contributed by atoms with van der Waals surface area (Å²) in [6, 6.07) is 0. The van der Waals surface area contributed by atoms with Gasteiger partial charge in [-0.15, -0.1) is 0 Å². The summed E-state index contributed by atoms with van der Waals surface area (Å²) in [6.07, 6.45) is -0.391. The van der Waals surface area contributed by atoms with E-state index in [1.54, 1.807) is 0 Å². The Labute approximate surface area is 176 Å². The molecule has 0 atom stereocenters. The molecule has 0 saturated carbocycles. The fourth-order valence-electron chi connectivity index (χ4n) is 2.57. The van der Waals surface area contributed by atoms with Crippen LogP contribution >= 0.6 is 0 Å². The molecule has 0 unspecified atom stereocenters. The zero-order valence-corrected chi connectivity index (χ0v) is 17.6. The van der Waals surface area contributed by atoms with Crippen molar-refractivity contribution in [3.05, 3.63) is 55.8 Å². The second-order valence-corrected chi connectivity index (χ2v) is 6.86. The molecule has 0 aliphatic heterocycles. The molecule has 31 heavy (non-hydrogen) atoms. The number of hydrogen-bond acceptors (Lipinski definition) is 9. The largest absolute Gasteiger partial charge is 0.463 e. The second kappa shape index (κ2) is 10.9. The maximum atomic E-state index is 12.5. The highest BCUT2D eigenvalue weighted by Crippen LogP contribution is 2.24. The van der Waals surface area contributed by atoms with E-state index in [4.69, 9.17) is 14.2 Å². The maximum absolute atomic E-state index is 12.5. The lowest BCUT2D eigenvalue weighted by molar-refractivity contribution is -0.148. The number of carbonyl (C=O) groups is 3. The highest BCUT2D eigenvalue weighted by molar-refractivity contribution is 5.87. The molecule has 12 nitrogen and oxygen atoms in total. The van der Waals surface area contributed by atoms with Crippen molar-refractivity contribution >= 4 is 17.9 Å².